The molecule has 0 bridgehead atoms. The molecule has 0 saturated heterocycles. The summed E-state index contributed by atoms with van der Waals surface area (Å²) in [6, 6.07) is 66.2. The molecule has 6 nitrogen and oxygen atoms in total. The van der Waals surface area contributed by atoms with Gasteiger partial charge in [0, 0.05) is 38.5 Å². The minimum atomic E-state index is 0.347. The van der Waals surface area contributed by atoms with Gasteiger partial charge in [-0.25, -0.2) is 19.7 Å². The topological polar surface area (TPSA) is 44.4 Å². The monoisotopic (exact) mass is 764 g/mol. The van der Waals surface area contributed by atoms with Crippen molar-refractivity contribution >= 4 is 55.0 Å². The van der Waals surface area contributed by atoms with E-state index in [1.807, 2.05) is 84.9 Å². The van der Waals surface area contributed by atoms with Crippen LogP contribution in [-0.2, 0) is 0 Å². The first kappa shape index (κ1) is 34.7. The fourth-order valence-corrected chi connectivity index (χ4v) is 8.65. The molecule has 0 spiro atoms. The van der Waals surface area contributed by atoms with Gasteiger partial charge < -0.3 is 9.13 Å². The fraction of sp³-hybridized carbons (Fsp3) is 0. The molecule has 8 aromatic carbocycles. The zero-order chi connectivity index (χ0) is 40.2. The lowest BCUT2D eigenvalue weighted by molar-refractivity contribution is 1.16. The molecule has 0 amide bonds. The summed E-state index contributed by atoms with van der Waals surface area (Å²) < 4.78 is 4.70. The van der Waals surface area contributed by atoms with E-state index < -0.39 is 0 Å². The van der Waals surface area contributed by atoms with Crippen LogP contribution in [0.4, 0.5) is 11.4 Å². The molecule has 6 heteroatoms. The SMILES string of the molecule is [C-]#[N+]c1cc(-c2nc(-c3ccccc3)nc(-c3ccccc3)c2[N+]#[C-])ccc1-c1ccc2c(c1)c1cc3c4ccccc4n(-c4ccccc4)c3cc1n2-c1ccccc1. The zero-order valence-corrected chi connectivity index (χ0v) is 32.2. The number of benzene rings is 8. The molecule has 0 aliphatic heterocycles. The largest absolute Gasteiger partial charge is 0.309 e. The van der Waals surface area contributed by atoms with E-state index in [9.17, 15) is 0 Å². The maximum Gasteiger partial charge on any atom is 0.238 e. The Morgan fingerprint density at radius 3 is 1.52 bits per heavy atom. The highest BCUT2D eigenvalue weighted by molar-refractivity contribution is 6.19. The van der Waals surface area contributed by atoms with Crippen LogP contribution in [0.15, 0.2) is 194 Å². The van der Waals surface area contributed by atoms with E-state index in [-0.39, 0.29) is 0 Å². The highest BCUT2D eigenvalue weighted by atomic mass is 15.0. The molecule has 0 atom stereocenters. The Bertz CT molecular complexity index is 3540. The third-order valence-electron chi connectivity index (χ3n) is 11.4. The first-order valence-electron chi connectivity index (χ1n) is 19.7. The van der Waals surface area contributed by atoms with Crippen LogP contribution in [0.3, 0.4) is 0 Å². The summed E-state index contributed by atoms with van der Waals surface area (Å²) >= 11 is 0. The lowest BCUT2D eigenvalue weighted by atomic mass is 9.97. The molecule has 0 fully saturated rings. The summed E-state index contributed by atoms with van der Waals surface area (Å²) in [7, 11) is 0. The number of fused-ring (bicyclic) bond motifs is 6. The molecule has 11 aromatic rings. The molecule has 0 saturated carbocycles. The second-order valence-electron chi connectivity index (χ2n) is 14.8. The summed E-state index contributed by atoms with van der Waals surface area (Å²) in [5.41, 5.74) is 12.6. The number of para-hydroxylation sites is 3. The number of aromatic nitrogens is 4. The molecule has 0 aliphatic rings. The zero-order valence-electron chi connectivity index (χ0n) is 32.2. The maximum absolute atomic E-state index is 8.42. The number of hydrogen-bond donors (Lipinski definition) is 0. The van der Waals surface area contributed by atoms with Gasteiger partial charge in [-0.3, -0.25) is 0 Å². The third kappa shape index (κ3) is 5.56. The third-order valence-corrected chi connectivity index (χ3v) is 11.4. The normalized spacial score (nSPS) is 11.3. The van der Waals surface area contributed by atoms with Gasteiger partial charge in [0.25, 0.3) is 0 Å². The van der Waals surface area contributed by atoms with Crippen molar-refractivity contribution in [2.75, 3.05) is 0 Å². The van der Waals surface area contributed by atoms with E-state index in [1.165, 1.54) is 10.8 Å². The number of rotatable bonds is 6. The van der Waals surface area contributed by atoms with Crippen molar-refractivity contribution in [3.8, 4) is 56.4 Å². The Labute approximate surface area is 346 Å². The van der Waals surface area contributed by atoms with Crippen LogP contribution in [0.2, 0.25) is 0 Å². The Morgan fingerprint density at radius 2 is 0.883 bits per heavy atom. The summed E-state index contributed by atoms with van der Waals surface area (Å²) in [6.45, 7) is 16.7. The summed E-state index contributed by atoms with van der Waals surface area (Å²) in [4.78, 5) is 18.0. The molecule has 0 N–H and O–H groups in total. The van der Waals surface area contributed by atoms with Gasteiger partial charge in [-0.2, -0.15) is 0 Å². The molecule has 3 heterocycles. The standard InChI is InChI=1S/C54H32N6/c1-55-46-32-38(52-53(56-2)51(35-17-7-3-8-18-35)57-54(58-52)36-19-9-4-10-20-36)27-29-41(46)37-28-30-48-43(31-37)45-33-44-42-25-15-16-26-47(42)59(39-21-11-5-12-22-39)49(44)34-50(45)60(48)40-23-13-6-14-24-40/h3-34H. The molecule has 0 radical (unpaired) electrons. The van der Waals surface area contributed by atoms with Gasteiger partial charge in [-0.15, -0.1) is 0 Å². The Balaban J connectivity index is 1.12. The molecular weight excluding hydrogens is 733 g/mol. The lowest BCUT2D eigenvalue weighted by Gasteiger charge is -2.14. The number of hydrogen-bond acceptors (Lipinski definition) is 2. The van der Waals surface area contributed by atoms with Crippen LogP contribution in [0.5, 0.6) is 0 Å². The van der Waals surface area contributed by atoms with Crippen molar-refractivity contribution in [1.82, 2.24) is 19.1 Å². The van der Waals surface area contributed by atoms with E-state index in [0.717, 1.165) is 66.5 Å². The van der Waals surface area contributed by atoms with Crippen molar-refractivity contribution in [1.29, 1.82) is 0 Å². The van der Waals surface area contributed by atoms with Crippen LogP contribution in [0.1, 0.15) is 0 Å². The fourth-order valence-electron chi connectivity index (χ4n) is 8.65. The van der Waals surface area contributed by atoms with Crippen LogP contribution >= 0.6 is 0 Å². The molecule has 60 heavy (non-hydrogen) atoms. The second kappa shape index (κ2) is 14.1. The van der Waals surface area contributed by atoms with Crippen LogP contribution < -0.4 is 0 Å². The lowest BCUT2D eigenvalue weighted by Crippen LogP contribution is -1.97. The van der Waals surface area contributed by atoms with Gasteiger partial charge in [0.2, 0.25) is 5.69 Å². The average Bonchev–Trinajstić information content (AvgIpc) is 3.82. The summed E-state index contributed by atoms with van der Waals surface area (Å²) in [6.07, 6.45) is 0. The molecular formula is C54H32N6. The first-order chi connectivity index (χ1) is 29.7. The van der Waals surface area contributed by atoms with Crippen LogP contribution in [0.25, 0.3) is 110 Å². The molecule has 11 rings (SSSR count). The predicted molar refractivity (Wildman–Crippen MR) is 245 cm³/mol. The maximum atomic E-state index is 8.42. The van der Waals surface area contributed by atoms with Crippen molar-refractivity contribution < 1.29 is 0 Å². The van der Waals surface area contributed by atoms with Gasteiger partial charge in [-0.1, -0.05) is 133 Å². The van der Waals surface area contributed by atoms with E-state index in [2.05, 4.69) is 128 Å². The van der Waals surface area contributed by atoms with Gasteiger partial charge in [0.05, 0.1) is 46.6 Å². The highest BCUT2D eigenvalue weighted by Crippen LogP contribution is 2.44. The molecule has 278 valence electrons. The summed E-state index contributed by atoms with van der Waals surface area (Å²) in [5.74, 6) is 0.520. The Kier molecular flexibility index (Phi) is 8.15. The van der Waals surface area contributed by atoms with Crippen molar-refractivity contribution in [2.45, 2.75) is 0 Å². The predicted octanol–water partition coefficient (Wildman–Crippen LogP) is 14.4. The quantitative estimate of drug-likeness (QED) is 0.158. The second-order valence-corrected chi connectivity index (χ2v) is 14.8. The van der Waals surface area contributed by atoms with E-state index in [1.54, 1.807) is 0 Å². The Morgan fingerprint density at radius 1 is 0.367 bits per heavy atom. The van der Waals surface area contributed by atoms with Gasteiger partial charge in [0.1, 0.15) is 0 Å². The number of nitrogens with zero attached hydrogens (tertiary/aromatic N) is 6. The van der Waals surface area contributed by atoms with Gasteiger partial charge in [0.15, 0.2) is 11.5 Å². The molecule has 3 aromatic heterocycles. The minimum Gasteiger partial charge on any atom is -0.309 e. The highest BCUT2D eigenvalue weighted by Gasteiger charge is 2.22. The van der Waals surface area contributed by atoms with E-state index in [0.29, 0.717) is 34.2 Å². The Hall–Kier alpha value is -8.58. The summed E-state index contributed by atoms with van der Waals surface area (Å²) in [5, 5.41) is 4.59. The van der Waals surface area contributed by atoms with E-state index >= 15 is 0 Å². The van der Waals surface area contributed by atoms with Crippen molar-refractivity contribution in [3.05, 3.63) is 217 Å². The van der Waals surface area contributed by atoms with Gasteiger partial charge in [-0.05, 0) is 82.9 Å². The van der Waals surface area contributed by atoms with Crippen molar-refractivity contribution in [3.63, 3.8) is 0 Å². The minimum absolute atomic E-state index is 0.347. The first-order valence-corrected chi connectivity index (χ1v) is 19.7. The average molecular weight is 765 g/mol. The molecule has 0 unspecified atom stereocenters. The molecule has 0 aliphatic carbocycles. The van der Waals surface area contributed by atoms with Crippen LogP contribution in [-0.4, -0.2) is 19.1 Å². The van der Waals surface area contributed by atoms with Crippen molar-refractivity contribution in [2.24, 2.45) is 0 Å². The smallest absolute Gasteiger partial charge is 0.238 e. The van der Waals surface area contributed by atoms with Crippen LogP contribution in [0, 0.1) is 13.1 Å². The van der Waals surface area contributed by atoms with Gasteiger partial charge >= 0.3 is 0 Å². The van der Waals surface area contributed by atoms with E-state index in [4.69, 9.17) is 23.1 Å².